The van der Waals surface area contributed by atoms with E-state index in [1.807, 2.05) is 25.1 Å². The minimum atomic E-state index is -0.657. The number of nitrogens with zero attached hydrogens (tertiary/aromatic N) is 2. The predicted molar refractivity (Wildman–Crippen MR) is 97.8 cm³/mol. The quantitative estimate of drug-likeness (QED) is 0.471. The molecule has 1 amide bonds. The van der Waals surface area contributed by atoms with Crippen LogP contribution in [0.4, 0.5) is 17.1 Å². The van der Waals surface area contributed by atoms with E-state index in [2.05, 4.69) is 5.32 Å². The monoisotopic (exact) mass is 377 g/mol. The second-order valence-corrected chi connectivity index (χ2v) is 5.90. The van der Waals surface area contributed by atoms with Crippen LogP contribution in [-0.2, 0) is 9.53 Å². The van der Waals surface area contributed by atoms with Crippen LogP contribution in [-0.4, -0.2) is 37.5 Å². The van der Waals surface area contributed by atoms with Crippen molar-refractivity contribution in [2.75, 3.05) is 30.9 Å². The fourth-order valence-electron chi connectivity index (χ4n) is 2.05. The van der Waals surface area contributed by atoms with Gasteiger partial charge in [0.25, 0.3) is 11.6 Å². The maximum atomic E-state index is 12.0. The molecule has 0 heterocycles. The third-order valence-corrected chi connectivity index (χ3v) is 3.68. The number of carbonyl (C=O) groups is 2. The van der Waals surface area contributed by atoms with Gasteiger partial charge < -0.3 is 15.0 Å². The van der Waals surface area contributed by atoms with Crippen molar-refractivity contribution in [2.45, 2.75) is 0 Å². The first-order valence-electron chi connectivity index (χ1n) is 7.46. The van der Waals surface area contributed by atoms with Gasteiger partial charge in [0, 0.05) is 31.5 Å². The Labute approximate surface area is 154 Å². The van der Waals surface area contributed by atoms with E-state index >= 15 is 0 Å². The standard InChI is InChI=1S/C17H16ClN3O5/c1-20(2)13-5-3-4-11(8-13)17(23)26-10-16(22)19-12-6-7-14(18)15(9-12)21(24)25/h3-9H,10H2,1-2H3,(H,19,22). The van der Waals surface area contributed by atoms with Crippen molar-refractivity contribution < 1.29 is 19.2 Å². The van der Waals surface area contributed by atoms with E-state index in [0.29, 0.717) is 5.56 Å². The second-order valence-electron chi connectivity index (χ2n) is 5.49. The lowest BCUT2D eigenvalue weighted by Gasteiger charge is -2.13. The molecule has 0 aliphatic rings. The van der Waals surface area contributed by atoms with Crippen molar-refractivity contribution in [2.24, 2.45) is 0 Å². The van der Waals surface area contributed by atoms with Crippen LogP contribution in [0, 0.1) is 10.1 Å². The van der Waals surface area contributed by atoms with Gasteiger partial charge in [0.05, 0.1) is 10.5 Å². The largest absolute Gasteiger partial charge is 0.452 e. The fourth-order valence-corrected chi connectivity index (χ4v) is 2.24. The third kappa shape index (κ3) is 4.93. The van der Waals surface area contributed by atoms with E-state index in [0.717, 1.165) is 11.8 Å². The van der Waals surface area contributed by atoms with Crippen LogP contribution in [0.3, 0.4) is 0 Å². The molecular formula is C17H16ClN3O5. The Morgan fingerprint density at radius 1 is 1.23 bits per heavy atom. The number of amides is 1. The number of halogens is 1. The Kier molecular flexibility index (Phi) is 6.13. The molecule has 2 aromatic rings. The molecule has 0 radical (unpaired) electrons. The minimum absolute atomic E-state index is 0.0415. The minimum Gasteiger partial charge on any atom is -0.452 e. The van der Waals surface area contributed by atoms with Crippen molar-refractivity contribution in [1.29, 1.82) is 0 Å². The van der Waals surface area contributed by atoms with Gasteiger partial charge in [-0.2, -0.15) is 0 Å². The van der Waals surface area contributed by atoms with Gasteiger partial charge in [-0.3, -0.25) is 14.9 Å². The zero-order chi connectivity index (χ0) is 19.3. The summed E-state index contributed by atoms with van der Waals surface area (Å²) in [6.07, 6.45) is 0. The lowest BCUT2D eigenvalue weighted by Crippen LogP contribution is -2.21. The molecule has 8 nitrogen and oxygen atoms in total. The summed E-state index contributed by atoms with van der Waals surface area (Å²) in [5.41, 5.74) is 0.974. The number of carbonyl (C=O) groups excluding carboxylic acids is 2. The molecule has 0 atom stereocenters. The van der Waals surface area contributed by atoms with Gasteiger partial charge in [-0.05, 0) is 30.3 Å². The highest BCUT2D eigenvalue weighted by atomic mass is 35.5. The number of anilines is 2. The Balaban J connectivity index is 1.96. The molecule has 0 spiro atoms. The number of hydrogen-bond donors (Lipinski definition) is 1. The van der Waals surface area contributed by atoms with E-state index in [-0.39, 0.29) is 16.4 Å². The summed E-state index contributed by atoms with van der Waals surface area (Å²) in [7, 11) is 3.67. The summed E-state index contributed by atoms with van der Waals surface area (Å²) >= 11 is 5.71. The summed E-state index contributed by atoms with van der Waals surface area (Å²) < 4.78 is 4.97. The summed E-state index contributed by atoms with van der Waals surface area (Å²) in [6, 6.07) is 10.6. The average molecular weight is 378 g/mol. The molecule has 26 heavy (non-hydrogen) atoms. The molecule has 0 saturated heterocycles. The Morgan fingerprint density at radius 3 is 2.62 bits per heavy atom. The molecule has 0 saturated carbocycles. The number of hydrogen-bond acceptors (Lipinski definition) is 6. The maximum absolute atomic E-state index is 12.0. The van der Waals surface area contributed by atoms with Crippen LogP contribution in [0.15, 0.2) is 42.5 Å². The zero-order valence-electron chi connectivity index (χ0n) is 14.1. The number of rotatable bonds is 6. The summed E-state index contributed by atoms with van der Waals surface area (Å²) in [5, 5.41) is 13.2. The number of nitrogens with one attached hydrogen (secondary N) is 1. The SMILES string of the molecule is CN(C)c1cccc(C(=O)OCC(=O)Nc2ccc(Cl)c([N+](=O)[O-])c2)c1. The van der Waals surface area contributed by atoms with Gasteiger partial charge in [0.2, 0.25) is 0 Å². The highest BCUT2D eigenvalue weighted by Gasteiger charge is 2.15. The molecule has 2 rings (SSSR count). The first kappa shape index (κ1) is 19.2. The lowest BCUT2D eigenvalue weighted by atomic mass is 10.2. The molecule has 0 aromatic heterocycles. The molecular weight excluding hydrogens is 362 g/mol. The molecule has 1 N–H and O–H groups in total. The molecule has 2 aromatic carbocycles. The van der Waals surface area contributed by atoms with Gasteiger partial charge in [0.15, 0.2) is 6.61 Å². The van der Waals surface area contributed by atoms with Crippen LogP contribution in [0.1, 0.15) is 10.4 Å². The summed E-state index contributed by atoms with van der Waals surface area (Å²) in [6.45, 7) is -0.526. The number of ether oxygens (including phenoxy) is 1. The lowest BCUT2D eigenvalue weighted by molar-refractivity contribution is -0.384. The van der Waals surface area contributed by atoms with Gasteiger partial charge >= 0.3 is 5.97 Å². The number of nitro groups is 1. The van der Waals surface area contributed by atoms with E-state index in [9.17, 15) is 19.7 Å². The first-order valence-corrected chi connectivity index (χ1v) is 7.84. The topological polar surface area (TPSA) is 102 Å². The fraction of sp³-hybridized carbons (Fsp3) is 0.176. The van der Waals surface area contributed by atoms with E-state index in [4.69, 9.17) is 16.3 Å². The number of esters is 1. The zero-order valence-corrected chi connectivity index (χ0v) is 14.8. The van der Waals surface area contributed by atoms with Gasteiger partial charge in [-0.25, -0.2) is 4.79 Å². The van der Waals surface area contributed by atoms with Crippen molar-refractivity contribution in [3.63, 3.8) is 0 Å². The molecule has 136 valence electrons. The van der Waals surface area contributed by atoms with Gasteiger partial charge in [-0.15, -0.1) is 0 Å². The van der Waals surface area contributed by atoms with E-state index in [1.165, 1.54) is 12.1 Å². The predicted octanol–water partition coefficient (Wildman–Crippen LogP) is 3.11. The molecule has 0 unspecified atom stereocenters. The van der Waals surface area contributed by atoms with Crippen LogP contribution in [0.5, 0.6) is 0 Å². The van der Waals surface area contributed by atoms with Crippen molar-refractivity contribution in [3.05, 3.63) is 63.2 Å². The van der Waals surface area contributed by atoms with Crippen LogP contribution >= 0.6 is 11.6 Å². The summed E-state index contributed by atoms with van der Waals surface area (Å²) in [4.78, 5) is 35.9. The summed E-state index contributed by atoms with van der Waals surface area (Å²) in [5.74, 6) is -1.27. The van der Waals surface area contributed by atoms with Gasteiger partial charge in [0.1, 0.15) is 5.02 Å². The van der Waals surface area contributed by atoms with Crippen LogP contribution in [0.25, 0.3) is 0 Å². The number of benzene rings is 2. The highest BCUT2D eigenvalue weighted by Crippen LogP contribution is 2.27. The average Bonchev–Trinajstić information content (AvgIpc) is 2.61. The van der Waals surface area contributed by atoms with Crippen molar-refractivity contribution >= 4 is 40.5 Å². The highest BCUT2D eigenvalue weighted by molar-refractivity contribution is 6.32. The maximum Gasteiger partial charge on any atom is 0.338 e. The first-order chi connectivity index (χ1) is 12.3. The Morgan fingerprint density at radius 2 is 1.96 bits per heavy atom. The normalized spacial score (nSPS) is 10.1. The van der Waals surface area contributed by atoms with E-state index in [1.54, 1.807) is 18.2 Å². The molecule has 9 heteroatoms. The molecule has 0 aliphatic heterocycles. The van der Waals surface area contributed by atoms with Crippen LogP contribution in [0.2, 0.25) is 5.02 Å². The molecule has 0 bridgehead atoms. The van der Waals surface area contributed by atoms with Gasteiger partial charge in [-0.1, -0.05) is 17.7 Å². The van der Waals surface area contributed by atoms with Crippen molar-refractivity contribution in [1.82, 2.24) is 0 Å². The number of nitro benzene ring substituents is 1. The second kappa shape index (κ2) is 8.30. The molecule has 0 aliphatic carbocycles. The third-order valence-electron chi connectivity index (χ3n) is 3.36. The van der Waals surface area contributed by atoms with Crippen LogP contribution < -0.4 is 10.2 Å². The Bertz CT molecular complexity index is 854. The van der Waals surface area contributed by atoms with E-state index < -0.39 is 23.4 Å². The smallest absolute Gasteiger partial charge is 0.338 e. The molecule has 0 fully saturated rings. The van der Waals surface area contributed by atoms with Crippen molar-refractivity contribution in [3.8, 4) is 0 Å². The Hall–Kier alpha value is -3.13.